The molecule has 0 radical (unpaired) electrons. The van der Waals surface area contributed by atoms with Crippen LogP contribution in [-0.4, -0.2) is 45.4 Å². The molecule has 0 aliphatic carbocycles. The van der Waals surface area contributed by atoms with Crippen LogP contribution in [0.15, 0.2) is 0 Å². The van der Waals surface area contributed by atoms with E-state index in [1.807, 2.05) is 0 Å². The summed E-state index contributed by atoms with van der Waals surface area (Å²) in [5, 5.41) is 0. The van der Waals surface area contributed by atoms with Crippen LogP contribution in [-0.2, 0) is 0 Å². The van der Waals surface area contributed by atoms with Crippen molar-refractivity contribution in [3.8, 4) is 0 Å². The summed E-state index contributed by atoms with van der Waals surface area (Å²) in [7, 11) is 3.61. The van der Waals surface area contributed by atoms with Crippen LogP contribution < -0.4 is 0 Å². The molecular weight excluding hydrogens is 164 g/mol. The minimum atomic E-state index is -0.829. The maximum Gasteiger partial charge on any atom is 0.192 e. The Morgan fingerprint density at radius 1 is 1.08 bits per heavy atom. The van der Waals surface area contributed by atoms with Gasteiger partial charge in [0.25, 0.3) is 0 Å². The molecule has 0 aromatic rings. The van der Waals surface area contributed by atoms with E-state index >= 15 is 0 Å². The zero-order valence-corrected chi connectivity index (χ0v) is 10.6. The second kappa shape index (κ2) is 5.73. The molecule has 0 aromatic carbocycles. The predicted octanol–water partition coefficient (Wildman–Crippen LogP) is 1.52. The Hall–Kier alpha value is 0.137. The molecule has 2 nitrogen and oxygen atoms in total. The fourth-order valence-corrected chi connectivity index (χ4v) is 5.38. The molecule has 0 N–H and O–H groups in total. The Labute approximate surface area is 79.3 Å². The first-order valence-corrected chi connectivity index (χ1v) is 6.64. The Balaban J connectivity index is 4.26. The molecule has 0 saturated carbocycles. The Bertz CT molecular complexity index is 103. The molecule has 1 atom stereocenters. The van der Waals surface area contributed by atoms with Crippen LogP contribution in [0.4, 0.5) is 0 Å². The SMILES string of the molecule is CCN(CC)[SiH](C(C)C)N(C)C. The smallest absolute Gasteiger partial charge is 0.192 e. The first-order valence-electron chi connectivity index (χ1n) is 4.95. The van der Waals surface area contributed by atoms with Crippen LogP contribution in [0.3, 0.4) is 0 Å². The number of rotatable bonds is 5. The molecule has 0 aromatic heterocycles. The third-order valence-corrected chi connectivity index (χ3v) is 6.04. The molecular formula is C9H24N2Si. The number of nitrogens with zero attached hydrogens (tertiary/aromatic N) is 2. The Morgan fingerprint density at radius 2 is 1.50 bits per heavy atom. The highest BCUT2D eigenvalue weighted by Crippen LogP contribution is 2.13. The maximum atomic E-state index is 2.63. The van der Waals surface area contributed by atoms with E-state index in [0.717, 1.165) is 5.54 Å². The monoisotopic (exact) mass is 188 g/mol. The summed E-state index contributed by atoms with van der Waals surface area (Å²) in [5.74, 6) is 0. The van der Waals surface area contributed by atoms with Crippen LogP contribution in [0.5, 0.6) is 0 Å². The van der Waals surface area contributed by atoms with Crippen LogP contribution in [0.2, 0.25) is 5.54 Å². The molecule has 0 spiro atoms. The Kier molecular flexibility index (Phi) is 5.79. The lowest BCUT2D eigenvalue weighted by Gasteiger charge is -2.35. The largest absolute Gasteiger partial charge is 0.319 e. The van der Waals surface area contributed by atoms with E-state index in [9.17, 15) is 0 Å². The summed E-state index contributed by atoms with van der Waals surface area (Å²) in [4.78, 5) is 0. The van der Waals surface area contributed by atoms with E-state index < -0.39 is 9.12 Å². The maximum absolute atomic E-state index is 2.63. The van der Waals surface area contributed by atoms with Gasteiger partial charge in [0.15, 0.2) is 9.12 Å². The second-order valence-electron chi connectivity index (χ2n) is 3.84. The minimum absolute atomic E-state index is 0.829. The van der Waals surface area contributed by atoms with E-state index in [0.29, 0.717) is 0 Å². The van der Waals surface area contributed by atoms with Crippen molar-refractivity contribution in [1.82, 2.24) is 9.13 Å². The summed E-state index contributed by atoms with van der Waals surface area (Å²) < 4.78 is 5.07. The van der Waals surface area contributed by atoms with E-state index in [1.165, 1.54) is 13.1 Å². The molecule has 74 valence electrons. The highest BCUT2D eigenvalue weighted by atomic mass is 28.3. The normalized spacial score (nSPS) is 14.8. The quantitative estimate of drug-likeness (QED) is 0.604. The van der Waals surface area contributed by atoms with Crippen molar-refractivity contribution in [1.29, 1.82) is 0 Å². The molecule has 0 amide bonds. The average molecular weight is 188 g/mol. The molecule has 0 fully saturated rings. The van der Waals surface area contributed by atoms with Gasteiger partial charge in [0.05, 0.1) is 0 Å². The average Bonchev–Trinajstić information content (AvgIpc) is 1.98. The number of hydrogen-bond acceptors (Lipinski definition) is 2. The highest BCUT2D eigenvalue weighted by molar-refractivity contribution is 6.54. The van der Waals surface area contributed by atoms with Gasteiger partial charge in [-0.2, -0.15) is 0 Å². The molecule has 3 heteroatoms. The molecule has 12 heavy (non-hydrogen) atoms. The van der Waals surface area contributed by atoms with Gasteiger partial charge in [-0.15, -0.1) is 0 Å². The fourth-order valence-electron chi connectivity index (χ4n) is 1.94. The zero-order valence-electron chi connectivity index (χ0n) is 9.46. The first kappa shape index (κ1) is 12.1. The van der Waals surface area contributed by atoms with Gasteiger partial charge in [0, 0.05) is 0 Å². The van der Waals surface area contributed by atoms with Crippen LogP contribution in [0.25, 0.3) is 0 Å². The molecule has 0 saturated heterocycles. The molecule has 0 aliphatic heterocycles. The topological polar surface area (TPSA) is 6.48 Å². The second-order valence-corrected chi connectivity index (χ2v) is 7.77. The molecule has 1 unspecified atom stereocenters. The summed E-state index contributed by atoms with van der Waals surface area (Å²) in [6, 6.07) is 0. The predicted molar refractivity (Wildman–Crippen MR) is 58.9 cm³/mol. The minimum Gasteiger partial charge on any atom is -0.319 e. The first-order chi connectivity index (χ1) is 5.54. The van der Waals surface area contributed by atoms with E-state index in [-0.39, 0.29) is 0 Å². The van der Waals surface area contributed by atoms with Gasteiger partial charge >= 0.3 is 0 Å². The van der Waals surface area contributed by atoms with Crippen LogP contribution in [0, 0.1) is 0 Å². The van der Waals surface area contributed by atoms with Gasteiger partial charge in [-0.05, 0) is 32.7 Å². The van der Waals surface area contributed by atoms with Crippen molar-refractivity contribution in [3.63, 3.8) is 0 Å². The van der Waals surface area contributed by atoms with Gasteiger partial charge in [0.1, 0.15) is 0 Å². The lowest BCUT2D eigenvalue weighted by atomic mass is 10.6. The fraction of sp³-hybridized carbons (Fsp3) is 1.00. The lowest BCUT2D eigenvalue weighted by Crippen LogP contribution is -2.51. The van der Waals surface area contributed by atoms with Crippen molar-refractivity contribution in [2.24, 2.45) is 0 Å². The van der Waals surface area contributed by atoms with Crippen LogP contribution in [0.1, 0.15) is 27.7 Å². The van der Waals surface area contributed by atoms with Gasteiger partial charge in [-0.3, -0.25) is 0 Å². The van der Waals surface area contributed by atoms with E-state index in [2.05, 4.69) is 50.9 Å². The molecule has 0 aliphatic rings. The van der Waals surface area contributed by atoms with Gasteiger partial charge < -0.3 is 9.13 Å². The van der Waals surface area contributed by atoms with Crippen molar-refractivity contribution < 1.29 is 0 Å². The van der Waals surface area contributed by atoms with Crippen molar-refractivity contribution >= 4 is 9.12 Å². The summed E-state index contributed by atoms with van der Waals surface area (Å²) in [6.07, 6.45) is 0. The highest BCUT2D eigenvalue weighted by Gasteiger charge is 2.23. The van der Waals surface area contributed by atoms with E-state index in [1.54, 1.807) is 0 Å². The van der Waals surface area contributed by atoms with Gasteiger partial charge in [-0.25, -0.2) is 0 Å². The third-order valence-electron chi connectivity index (χ3n) is 2.31. The van der Waals surface area contributed by atoms with Crippen molar-refractivity contribution in [2.75, 3.05) is 27.2 Å². The summed E-state index contributed by atoms with van der Waals surface area (Å²) in [6.45, 7) is 11.6. The zero-order chi connectivity index (χ0) is 9.72. The lowest BCUT2D eigenvalue weighted by molar-refractivity contribution is 0.414. The molecule has 0 rings (SSSR count). The third kappa shape index (κ3) is 3.25. The number of hydrogen-bond donors (Lipinski definition) is 0. The summed E-state index contributed by atoms with van der Waals surface area (Å²) in [5.41, 5.74) is 0.833. The van der Waals surface area contributed by atoms with Gasteiger partial charge in [-0.1, -0.05) is 27.7 Å². The van der Waals surface area contributed by atoms with Crippen LogP contribution >= 0.6 is 0 Å². The van der Waals surface area contributed by atoms with Crippen molar-refractivity contribution in [3.05, 3.63) is 0 Å². The van der Waals surface area contributed by atoms with Crippen molar-refractivity contribution in [2.45, 2.75) is 33.2 Å². The van der Waals surface area contributed by atoms with E-state index in [4.69, 9.17) is 0 Å². The molecule has 0 heterocycles. The standard InChI is InChI=1S/C9H24N2Si/c1-7-11(8-2)12(9(3)4)10(5)6/h9,12H,7-8H2,1-6H3. The summed E-state index contributed by atoms with van der Waals surface area (Å²) >= 11 is 0. The Morgan fingerprint density at radius 3 is 1.58 bits per heavy atom. The molecule has 0 bridgehead atoms. The van der Waals surface area contributed by atoms with Gasteiger partial charge in [0.2, 0.25) is 0 Å².